The summed E-state index contributed by atoms with van der Waals surface area (Å²) in [5, 5.41) is 9.05. The quantitative estimate of drug-likeness (QED) is 0.886. The van der Waals surface area contributed by atoms with Crippen molar-refractivity contribution in [2.45, 2.75) is 26.3 Å². The Morgan fingerprint density at radius 2 is 2.15 bits per heavy atom. The molecule has 0 saturated carbocycles. The highest BCUT2D eigenvalue weighted by Gasteiger charge is 2.30. The van der Waals surface area contributed by atoms with E-state index in [0.717, 1.165) is 11.1 Å². The number of carbonyl (C=O) groups is 1. The number of ether oxygens (including phenoxy) is 2. The number of rotatable bonds is 5. The van der Waals surface area contributed by atoms with E-state index in [1.807, 2.05) is 13.0 Å². The number of hydrogen-bond acceptors (Lipinski definition) is 5. The standard InChI is InChI=1S/C19H21FN2O4/c1-12-11-26-19-17(22(12)13(2)24)10-15(18(21-19)25-8-7-23)9-14-3-5-16(20)6-4-14/h3-6,10,12,23H,7-9,11H2,1-2H3/t12-/m0/s1. The van der Waals surface area contributed by atoms with Gasteiger partial charge in [0.25, 0.3) is 0 Å². The normalized spacial score (nSPS) is 16.0. The first-order valence-electron chi connectivity index (χ1n) is 8.44. The SMILES string of the molecule is CC(=O)N1c2cc(Cc3ccc(F)cc3)c(OCCO)nc2OC[C@@H]1C. The summed E-state index contributed by atoms with van der Waals surface area (Å²) in [6.45, 7) is 3.69. The fourth-order valence-corrected chi connectivity index (χ4v) is 3.00. The molecule has 1 N–H and O–H groups in total. The summed E-state index contributed by atoms with van der Waals surface area (Å²) >= 11 is 0. The van der Waals surface area contributed by atoms with Crippen molar-refractivity contribution in [3.05, 3.63) is 47.3 Å². The number of nitrogens with zero attached hydrogens (tertiary/aromatic N) is 2. The van der Waals surface area contributed by atoms with E-state index in [4.69, 9.17) is 14.6 Å². The fourth-order valence-electron chi connectivity index (χ4n) is 3.00. The maximum atomic E-state index is 13.2. The second-order valence-corrected chi connectivity index (χ2v) is 6.20. The minimum Gasteiger partial charge on any atom is -0.475 e. The summed E-state index contributed by atoms with van der Waals surface area (Å²) in [7, 11) is 0. The summed E-state index contributed by atoms with van der Waals surface area (Å²) in [4.78, 5) is 18.1. The molecule has 138 valence electrons. The van der Waals surface area contributed by atoms with Crippen LogP contribution in [0.5, 0.6) is 11.8 Å². The van der Waals surface area contributed by atoms with Gasteiger partial charge in [-0.1, -0.05) is 12.1 Å². The van der Waals surface area contributed by atoms with Crippen LogP contribution in [0.1, 0.15) is 25.0 Å². The van der Waals surface area contributed by atoms with Crippen molar-refractivity contribution in [1.29, 1.82) is 0 Å². The van der Waals surface area contributed by atoms with Gasteiger partial charge in [0.2, 0.25) is 17.7 Å². The first kappa shape index (κ1) is 18.1. The third kappa shape index (κ3) is 3.77. The molecular weight excluding hydrogens is 339 g/mol. The number of pyridine rings is 1. The summed E-state index contributed by atoms with van der Waals surface area (Å²) < 4.78 is 24.4. The zero-order chi connectivity index (χ0) is 18.7. The molecule has 0 bridgehead atoms. The molecule has 3 rings (SSSR count). The van der Waals surface area contributed by atoms with Gasteiger partial charge in [0.05, 0.1) is 12.6 Å². The number of anilines is 1. The first-order chi connectivity index (χ1) is 12.5. The van der Waals surface area contributed by atoms with Gasteiger partial charge in [-0.15, -0.1) is 0 Å². The van der Waals surface area contributed by atoms with Gasteiger partial charge in [0.15, 0.2) is 0 Å². The fraction of sp³-hybridized carbons (Fsp3) is 0.368. The van der Waals surface area contributed by atoms with Crippen LogP contribution < -0.4 is 14.4 Å². The van der Waals surface area contributed by atoms with Gasteiger partial charge in [-0.05, 0) is 30.7 Å². The molecule has 26 heavy (non-hydrogen) atoms. The second-order valence-electron chi connectivity index (χ2n) is 6.20. The zero-order valence-corrected chi connectivity index (χ0v) is 14.7. The molecule has 0 spiro atoms. The number of fused-ring (bicyclic) bond motifs is 1. The minimum atomic E-state index is -0.306. The van der Waals surface area contributed by atoms with Gasteiger partial charge in [0.1, 0.15) is 24.7 Å². The second kappa shape index (κ2) is 7.70. The zero-order valence-electron chi connectivity index (χ0n) is 14.7. The third-order valence-corrected chi connectivity index (χ3v) is 4.15. The lowest BCUT2D eigenvalue weighted by molar-refractivity contribution is -0.117. The van der Waals surface area contributed by atoms with E-state index in [1.54, 1.807) is 17.0 Å². The van der Waals surface area contributed by atoms with Crippen molar-refractivity contribution in [3.8, 4) is 11.8 Å². The number of aromatic nitrogens is 1. The summed E-state index contributed by atoms with van der Waals surface area (Å²) in [6.07, 6.45) is 0.446. The number of benzene rings is 1. The molecule has 0 radical (unpaired) electrons. The van der Waals surface area contributed by atoms with Crippen LogP contribution in [0.15, 0.2) is 30.3 Å². The van der Waals surface area contributed by atoms with Crippen LogP contribution >= 0.6 is 0 Å². The average Bonchev–Trinajstić information content (AvgIpc) is 2.61. The lowest BCUT2D eigenvalue weighted by atomic mass is 10.0. The molecule has 6 nitrogen and oxygen atoms in total. The van der Waals surface area contributed by atoms with Gasteiger partial charge in [0, 0.05) is 18.9 Å². The molecular formula is C19H21FN2O4. The molecule has 0 unspecified atom stereocenters. The predicted molar refractivity (Wildman–Crippen MR) is 94.1 cm³/mol. The molecule has 2 heterocycles. The maximum Gasteiger partial charge on any atom is 0.241 e. The van der Waals surface area contributed by atoms with Crippen molar-refractivity contribution < 1.29 is 23.8 Å². The highest BCUT2D eigenvalue weighted by molar-refractivity contribution is 5.94. The third-order valence-electron chi connectivity index (χ3n) is 4.15. The highest BCUT2D eigenvalue weighted by Crippen LogP contribution is 2.37. The van der Waals surface area contributed by atoms with Gasteiger partial charge in [-0.2, -0.15) is 4.98 Å². The number of halogens is 1. The molecule has 0 fully saturated rings. The van der Waals surface area contributed by atoms with Gasteiger partial charge in [-0.3, -0.25) is 4.79 Å². The van der Waals surface area contributed by atoms with Crippen LogP contribution in [0, 0.1) is 5.82 Å². The van der Waals surface area contributed by atoms with Crippen LogP contribution in [-0.2, 0) is 11.2 Å². The van der Waals surface area contributed by atoms with Crippen molar-refractivity contribution in [2.75, 3.05) is 24.7 Å². The molecule has 2 aromatic rings. The van der Waals surface area contributed by atoms with Crippen LogP contribution in [0.3, 0.4) is 0 Å². The van der Waals surface area contributed by atoms with Gasteiger partial charge < -0.3 is 19.5 Å². The average molecular weight is 360 g/mol. The smallest absolute Gasteiger partial charge is 0.241 e. The van der Waals surface area contributed by atoms with E-state index in [2.05, 4.69) is 4.98 Å². The van der Waals surface area contributed by atoms with Crippen molar-refractivity contribution >= 4 is 11.6 Å². The number of hydrogen-bond donors (Lipinski definition) is 1. The van der Waals surface area contributed by atoms with E-state index in [-0.39, 0.29) is 31.0 Å². The van der Waals surface area contributed by atoms with E-state index in [9.17, 15) is 9.18 Å². The Hall–Kier alpha value is -2.67. The first-order valence-corrected chi connectivity index (χ1v) is 8.44. The minimum absolute atomic E-state index is 0.0923. The summed E-state index contributed by atoms with van der Waals surface area (Å²) in [5.41, 5.74) is 2.19. The van der Waals surface area contributed by atoms with E-state index in [1.165, 1.54) is 19.1 Å². The topological polar surface area (TPSA) is 71.9 Å². The van der Waals surface area contributed by atoms with Crippen LogP contribution in [0.4, 0.5) is 10.1 Å². The van der Waals surface area contributed by atoms with E-state index in [0.29, 0.717) is 30.5 Å². The Morgan fingerprint density at radius 1 is 1.42 bits per heavy atom. The molecule has 1 amide bonds. The van der Waals surface area contributed by atoms with E-state index < -0.39 is 0 Å². The molecule has 0 aliphatic carbocycles. The van der Waals surface area contributed by atoms with E-state index >= 15 is 0 Å². The number of amides is 1. The molecule has 0 saturated heterocycles. The largest absolute Gasteiger partial charge is 0.475 e. The maximum absolute atomic E-state index is 13.2. The highest BCUT2D eigenvalue weighted by atomic mass is 19.1. The van der Waals surface area contributed by atoms with Crippen molar-refractivity contribution in [1.82, 2.24) is 4.98 Å². The van der Waals surface area contributed by atoms with Crippen molar-refractivity contribution in [2.24, 2.45) is 0 Å². The Bertz CT molecular complexity index is 795. The lowest BCUT2D eigenvalue weighted by Gasteiger charge is -2.34. The summed E-state index contributed by atoms with van der Waals surface area (Å²) in [5.74, 6) is 0.258. The Balaban J connectivity index is 2.02. The Labute approximate surface area is 151 Å². The Morgan fingerprint density at radius 3 is 2.81 bits per heavy atom. The van der Waals surface area contributed by atoms with Crippen LogP contribution in [-0.4, -0.2) is 41.9 Å². The Kier molecular flexibility index (Phi) is 5.37. The summed E-state index contributed by atoms with van der Waals surface area (Å²) in [6, 6.07) is 7.86. The molecule has 1 atom stereocenters. The molecule has 1 aliphatic rings. The monoisotopic (exact) mass is 360 g/mol. The van der Waals surface area contributed by atoms with Gasteiger partial charge >= 0.3 is 0 Å². The molecule has 1 aliphatic heterocycles. The number of aliphatic hydroxyl groups excluding tert-OH is 1. The molecule has 1 aromatic carbocycles. The predicted octanol–water partition coefficient (Wildman–Crippen LogP) is 2.32. The van der Waals surface area contributed by atoms with Crippen LogP contribution in [0.25, 0.3) is 0 Å². The number of aliphatic hydroxyl groups is 1. The van der Waals surface area contributed by atoms with Crippen molar-refractivity contribution in [3.63, 3.8) is 0 Å². The van der Waals surface area contributed by atoms with Crippen LogP contribution in [0.2, 0.25) is 0 Å². The van der Waals surface area contributed by atoms with Gasteiger partial charge in [-0.25, -0.2) is 4.39 Å². The molecule has 1 aromatic heterocycles. The number of carbonyl (C=O) groups excluding carboxylic acids is 1. The molecule has 7 heteroatoms. The lowest BCUT2D eigenvalue weighted by Crippen LogP contribution is -2.44.